The third kappa shape index (κ3) is 5.66. The fraction of sp³-hybridized carbons (Fsp3) is 0.158. The molecule has 0 saturated heterocycles. The molecule has 0 saturated carbocycles. The zero-order chi connectivity index (χ0) is 17.4. The first kappa shape index (κ1) is 17.9. The van der Waals surface area contributed by atoms with Gasteiger partial charge in [-0.1, -0.05) is 42.5 Å². The Bertz CT molecular complexity index is 732. The van der Waals surface area contributed by atoms with Crippen molar-refractivity contribution in [3.05, 3.63) is 69.7 Å². The molecule has 0 unspecified atom stereocenters. The second-order valence-corrected chi connectivity index (χ2v) is 6.12. The molecule has 0 aliphatic rings. The topological polar surface area (TPSA) is 50.7 Å². The first-order valence-electron chi connectivity index (χ1n) is 7.49. The Hall–Kier alpha value is -2.40. The molecule has 0 fully saturated rings. The largest absolute Gasteiger partial charge is 0.482 e. The lowest BCUT2D eigenvalue weighted by Gasteiger charge is -2.11. The van der Waals surface area contributed by atoms with E-state index in [1.54, 1.807) is 6.08 Å². The number of amides is 1. The van der Waals surface area contributed by atoms with E-state index in [1.807, 2.05) is 62.4 Å². The summed E-state index contributed by atoms with van der Waals surface area (Å²) in [7, 11) is 0. The van der Waals surface area contributed by atoms with Gasteiger partial charge >= 0.3 is 0 Å². The number of aryl methyl sites for hydroxylation is 2. The van der Waals surface area contributed by atoms with Crippen LogP contribution in [0.5, 0.6) is 5.75 Å². The molecule has 0 radical (unpaired) electrons. The molecule has 0 spiro atoms. The second-order valence-electron chi connectivity index (χ2n) is 5.26. The average Bonchev–Trinajstić information content (AvgIpc) is 2.54. The molecule has 0 aromatic heterocycles. The highest BCUT2D eigenvalue weighted by atomic mass is 79.9. The van der Waals surface area contributed by atoms with Crippen molar-refractivity contribution in [1.29, 1.82) is 0 Å². The average molecular weight is 387 g/mol. The SMILES string of the molecule is Cc1cc(C)c(OCC(=O)N/N=C/C=C/c2ccccc2)c(Br)c1. The monoisotopic (exact) mass is 386 g/mol. The molecule has 124 valence electrons. The summed E-state index contributed by atoms with van der Waals surface area (Å²) in [6.45, 7) is 3.85. The minimum atomic E-state index is -0.314. The number of halogens is 1. The number of nitrogens with zero attached hydrogens (tertiary/aromatic N) is 1. The van der Waals surface area contributed by atoms with Crippen LogP contribution in [0.2, 0.25) is 0 Å². The number of hydrogen-bond acceptors (Lipinski definition) is 3. The molecule has 1 N–H and O–H groups in total. The zero-order valence-corrected chi connectivity index (χ0v) is 15.2. The molecular formula is C19H19BrN2O2. The molecule has 0 atom stereocenters. The quantitative estimate of drug-likeness (QED) is 0.595. The zero-order valence-electron chi connectivity index (χ0n) is 13.6. The van der Waals surface area contributed by atoms with Gasteiger partial charge < -0.3 is 4.74 Å². The number of ether oxygens (including phenoxy) is 1. The van der Waals surface area contributed by atoms with Crippen LogP contribution in [-0.4, -0.2) is 18.7 Å². The van der Waals surface area contributed by atoms with Crippen molar-refractivity contribution in [2.24, 2.45) is 5.10 Å². The van der Waals surface area contributed by atoms with E-state index in [1.165, 1.54) is 6.21 Å². The lowest BCUT2D eigenvalue weighted by Crippen LogP contribution is -2.24. The highest BCUT2D eigenvalue weighted by molar-refractivity contribution is 9.10. The van der Waals surface area contributed by atoms with Crippen molar-refractivity contribution in [2.75, 3.05) is 6.61 Å². The predicted molar refractivity (Wildman–Crippen MR) is 101 cm³/mol. The van der Waals surface area contributed by atoms with E-state index >= 15 is 0 Å². The molecular weight excluding hydrogens is 368 g/mol. The number of benzene rings is 2. The van der Waals surface area contributed by atoms with Crippen LogP contribution in [0.15, 0.2) is 58.1 Å². The van der Waals surface area contributed by atoms with Crippen molar-refractivity contribution in [2.45, 2.75) is 13.8 Å². The lowest BCUT2D eigenvalue weighted by molar-refractivity contribution is -0.123. The van der Waals surface area contributed by atoms with E-state index in [0.29, 0.717) is 5.75 Å². The van der Waals surface area contributed by atoms with E-state index < -0.39 is 0 Å². The molecule has 0 bridgehead atoms. The summed E-state index contributed by atoms with van der Waals surface area (Å²) in [6, 6.07) is 13.8. The molecule has 2 rings (SSSR count). The number of allylic oxidation sites excluding steroid dienone is 1. The Morgan fingerprint density at radius 1 is 1.25 bits per heavy atom. The molecule has 0 aliphatic heterocycles. The van der Waals surface area contributed by atoms with Gasteiger partial charge in [0.1, 0.15) is 5.75 Å². The molecule has 2 aromatic carbocycles. The lowest BCUT2D eigenvalue weighted by atomic mass is 10.1. The van der Waals surface area contributed by atoms with Crippen molar-refractivity contribution in [1.82, 2.24) is 5.43 Å². The van der Waals surface area contributed by atoms with Crippen molar-refractivity contribution in [3.8, 4) is 5.75 Å². The maximum Gasteiger partial charge on any atom is 0.277 e. The van der Waals surface area contributed by atoms with Crippen molar-refractivity contribution in [3.63, 3.8) is 0 Å². The number of hydrogen-bond donors (Lipinski definition) is 1. The molecule has 1 amide bonds. The minimum absolute atomic E-state index is 0.0950. The van der Waals surface area contributed by atoms with Gasteiger partial charge in [-0.3, -0.25) is 4.79 Å². The van der Waals surface area contributed by atoms with Crippen molar-refractivity contribution < 1.29 is 9.53 Å². The van der Waals surface area contributed by atoms with Gasteiger partial charge in [-0.25, -0.2) is 5.43 Å². The fourth-order valence-electron chi connectivity index (χ4n) is 2.13. The van der Waals surface area contributed by atoms with Crippen LogP contribution in [0.3, 0.4) is 0 Å². The van der Waals surface area contributed by atoms with E-state index in [2.05, 4.69) is 26.5 Å². The molecule has 5 heteroatoms. The standard InChI is InChI=1S/C19H19BrN2O2/c1-14-11-15(2)19(17(20)12-14)24-13-18(23)22-21-10-6-9-16-7-4-3-5-8-16/h3-12H,13H2,1-2H3,(H,22,23)/b9-6+,21-10+. The predicted octanol–water partition coefficient (Wildman–Crippen LogP) is 4.26. The van der Waals surface area contributed by atoms with Gasteiger partial charge in [0.05, 0.1) is 4.47 Å². The van der Waals surface area contributed by atoms with Crippen LogP contribution >= 0.6 is 15.9 Å². The summed E-state index contributed by atoms with van der Waals surface area (Å²) in [5.74, 6) is 0.356. The highest BCUT2D eigenvalue weighted by Gasteiger charge is 2.08. The Kier molecular flexibility index (Phi) is 6.75. The molecule has 4 nitrogen and oxygen atoms in total. The molecule has 0 heterocycles. The van der Waals surface area contributed by atoms with Gasteiger partial charge in [-0.2, -0.15) is 5.10 Å². The number of carbonyl (C=O) groups excluding carboxylic acids is 1. The summed E-state index contributed by atoms with van der Waals surface area (Å²) in [5.41, 5.74) is 5.60. The summed E-state index contributed by atoms with van der Waals surface area (Å²) in [5, 5.41) is 3.85. The maximum atomic E-state index is 11.7. The van der Waals surface area contributed by atoms with Crippen LogP contribution in [0.25, 0.3) is 6.08 Å². The summed E-state index contributed by atoms with van der Waals surface area (Å²) in [4.78, 5) is 11.7. The van der Waals surface area contributed by atoms with E-state index in [9.17, 15) is 4.79 Å². The highest BCUT2D eigenvalue weighted by Crippen LogP contribution is 2.29. The van der Waals surface area contributed by atoms with Gasteiger partial charge in [0.15, 0.2) is 6.61 Å². The summed E-state index contributed by atoms with van der Waals surface area (Å²) < 4.78 is 6.40. The van der Waals surface area contributed by atoms with E-state index in [-0.39, 0.29) is 12.5 Å². The van der Waals surface area contributed by atoms with Crippen molar-refractivity contribution >= 4 is 34.1 Å². The van der Waals surface area contributed by atoms with E-state index in [0.717, 1.165) is 21.2 Å². The van der Waals surface area contributed by atoms with Crippen LogP contribution in [-0.2, 0) is 4.79 Å². The maximum absolute atomic E-state index is 11.7. The van der Waals surface area contributed by atoms with Crippen LogP contribution in [0.4, 0.5) is 0 Å². The first-order valence-corrected chi connectivity index (χ1v) is 8.28. The van der Waals surface area contributed by atoms with Gasteiger partial charge in [0.2, 0.25) is 0 Å². The summed E-state index contributed by atoms with van der Waals surface area (Å²) >= 11 is 3.45. The van der Waals surface area contributed by atoms with Crippen LogP contribution in [0, 0.1) is 13.8 Å². The third-order valence-electron chi connectivity index (χ3n) is 3.16. The normalized spacial score (nSPS) is 11.1. The summed E-state index contributed by atoms with van der Waals surface area (Å²) in [6.07, 6.45) is 5.19. The number of carbonyl (C=O) groups is 1. The van der Waals surface area contributed by atoms with Gasteiger partial charge in [-0.05, 0) is 58.6 Å². The Labute approximate surface area is 150 Å². The van der Waals surface area contributed by atoms with E-state index in [4.69, 9.17) is 4.74 Å². The molecule has 24 heavy (non-hydrogen) atoms. The van der Waals surface area contributed by atoms with Crippen LogP contribution < -0.4 is 10.2 Å². The van der Waals surface area contributed by atoms with Gasteiger partial charge in [-0.15, -0.1) is 0 Å². The number of rotatable bonds is 6. The smallest absolute Gasteiger partial charge is 0.277 e. The van der Waals surface area contributed by atoms with Gasteiger partial charge in [0, 0.05) is 6.21 Å². The van der Waals surface area contributed by atoms with Crippen LogP contribution in [0.1, 0.15) is 16.7 Å². The first-order chi connectivity index (χ1) is 11.6. The molecule has 2 aromatic rings. The molecule has 0 aliphatic carbocycles. The number of hydrazone groups is 1. The number of nitrogens with one attached hydrogen (secondary N) is 1. The second kappa shape index (κ2) is 9.03. The van der Waals surface area contributed by atoms with Gasteiger partial charge in [0.25, 0.3) is 5.91 Å². The fourth-order valence-corrected chi connectivity index (χ4v) is 2.91. The Morgan fingerprint density at radius 2 is 2.00 bits per heavy atom. The Balaban J connectivity index is 1.80. The third-order valence-corrected chi connectivity index (χ3v) is 3.75. The Morgan fingerprint density at radius 3 is 2.71 bits per heavy atom. The minimum Gasteiger partial charge on any atom is -0.482 e.